The van der Waals surface area contributed by atoms with Gasteiger partial charge in [-0.05, 0) is 44.9 Å². The minimum Gasteiger partial charge on any atom is -0.386 e. The molecule has 5 nitrogen and oxygen atoms in total. The van der Waals surface area contributed by atoms with Gasteiger partial charge in [0.15, 0.2) is 0 Å². The predicted molar refractivity (Wildman–Crippen MR) is 111 cm³/mol. The lowest BCUT2D eigenvalue weighted by Crippen LogP contribution is -2.32. The molecule has 0 saturated heterocycles. The number of rotatable bonds is 17. The molecule has 0 bridgehead atoms. The van der Waals surface area contributed by atoms with Crippen LogP contribution in [0.25, 0.3) is 0 Å². The first-order chi connectivity index (χ1) is 13.1. The number of allylic oxidation sites excluding steroid dienone is 6. The Morgan fingerprint density at radius 3 is 2.07 bits per heavy atom. The Hall–Kier alpha value is -2.01. The Bertz CT molecular complexity index is 495. The van der Waals surface area contributed by atoms with E-state index >= 15 is 0 Å². The van der Waals surface area contributed by atoms with E-state index in [-0.39, 0.29) is 12.8 Å². The van der Waals surface area contributed by atoms with Crippen molar-refractivity contribution in [3.05, 3.63) is 58.7 Å². The number of carbonyl (C=O) groups is 1. The summed E-state index contributed by atoms with van der Waals surface area (Å²) in [6.45, 7) is 2.10. The zero-order valence-corrected chi connectivity index (χ0v) is 16.5. The van der Waals surface area contributed by atoms with Gasteiger partial charge in [0.05, 0.1) is 0 Å². The Balaban J connectivity index is 4.07. The van der Waals surface area contributed by atoms with Gasteiger partial charge < -0.3 is 9.90 Å². The summed E-state index contributed by atoms with van der Waals surface area (Å²) in [5.74, 6) is 0. The van der Waals surface area contributed by atoms with Gasteiger partial charge in [-0.1, -0.05) is 62.0 Å². The van der Waals surface area contributed by atoms with Crippen LogP contribution in [0.2, 0.25) is 0 Å². The number of hydrogen-bond donors (Lipinski definition) is 1. The lowest BCUT2D eigenvalue weighted by atomic mass is 10.0. The average molecular weight is 378 g/mol. The Labute approximate surface area is 163 Å². The molecule has 27 heavy (non-hydrogen) atoms. The molecule has 0 aliphatic rings. The van der Waals surface area contributed by atoms with Crippen LogP contribution in [0.15, 0.2) is 48.6 Å². The zero-order valence-electron chi connectivity index (χ0n) is 16.5. The maximum Gasteiger partial charge on any atom is 0.242 e. The quantitative estimate of drug-likeness (QED) is 0.122. The van der Waals surface area contributed by atoms with E-state index in [1.807, 2.05) is 24.3 Å². The topological polar surface area (TPSA) is 80.4 Å². The van der Waals surface area contributed by atoms with Crippen LogP contribution >= 0.6 is 0 Å². The average Bonchev–Trinajstić information content (AvgIpc) is 2.65. The zero-order chi connectivity index (χ0) is 20.2. The smallest absolute Gasteiger partial charge is 0.242 e. The van der Waals surface area contributed by atoms with Gasteiger partial charge in [0.25, 0.3) is 0 Å². The van der Waals surface area contributed by atoms with E-state index in [1.165, 1.54) is 0 Å². The molecule has 2 unspecified atom stereocenters. The molecule has 0 radical (unpaired) electrons. The minimum absolute atomic E-state index is 0.236. The van der Waals surface area contributed by atoms with Gasteiger partial charge in [-0.25, -0.2) is 0 Å². The van der Waals surface area contributed by atoms with Gasteiger partial charge in [-0.3, -0.25) is 10.1 Å². The molecule has 0 aromatic rings. The highest BCUT2D eigenvalue weighted by Gasteiger charge is 2.27. The van der Waals surface area contributed by atoms with Crippen molar-refractivity contribution < 1.29 is 14.8 Å². The fourth-order valence-electron chi connectivity index (χ4n) is 2.51. The van der Waals surface area contributed by atoms with E-state index in [9.17, 15) is 20.0 Å². The van der Waals surface area contributed by atoms with Gasteiger partial charge in [0.2, 0.25) is 6.04 Å². The van der Waals surface area contributed by atoms with Crippen molar-refractivity contribution in [1.82, 2.24) is 0 Å². The molecule has 152 valence electrons. The molecule has 1 N–H and O–H groups in total. The molecule has 0 aliphatic heterocycles. The molecular weight excluding hydrogens is 342 g/mol. The third-order valence-corrected chi connectivity index (χ3v) is 4.11. The lowest BCUT2D eigenvalue weighted by molar-refractivity contribution is -0.533. The van der Waals surface area contributed by atoms with Crippen molar-refractivity contribution in [2.45, 2.75) is 83.3 Å². The van der Waals surface area contributed by atoms with Crippen LogP contribution in [0.5, 0.6) is 0 Å². The molecule has 0 aromatic heterocycles. The van der Waals surface area contributed by atoms with Crippen molar-refractivity contribution in [1.29, 1.82) is 0 Å². The first-order valence-corrected chi connectivity index (χ1v) is 9.98. The number of carbonyl (C=O) groups excluding carboxylic acids is 1. The number of nitro groups is 1. The highest BCUT2D eigenvalue weighted by molar-refractivity contribution is 5.48. The largest absolute Gasteiger partial charge is 0.386 e. The number of aliphatic hydroxyl groups is 1. The van der Waals surface area contributed by atoms with Crippen molar-refractivity contribution in [3.63, 3.8) is 0 Å². The van der Waals surface area contributed by atoms with Crippen molar-refractivity contribution in [3.8, 4) is 0 Å². The summed E-state index contributed by atoms with van der Waals surface area (Å²) >= 11 is 0. The third kappa shape index (κ3) is 15.9. The van der Waals surface area contributed by atoms with Gasteiger partial charge >= 0.3 is 0 Å². The molecule has 0 spiro atoms. The predicted octanol–water partition coefficient (Wildman–Crippen LogP) is 5.34. The van der Waals surface area contributed by atoms with Crippen LogP contribution in [0.3, 0.4) is 0 Å². The Kier molecular flexibility index (Phi) is 17.4. The van der Waals surface area contributed by atoms with Gasteiger partial charge in [0.1, 0.15) is 12.4 Å². The Morgan fingerprint density at radius 1 is 0.852 bits per heavy atom. The van der Waals surface area contributed by atoms with Gasteiger partial charge in [-0.15, -0.1) is 0 Å². The van der Waals surface area contributed by atoms with Gasteiger partial charge in [0, 0.05) is 17.8 Å². The summed E-state index contributed by atoms with van der Waals surface area (Å²) in [6.07, 6.45) is 23.3. The number of unbranched alkanes of at least 4 members (excludes halogenated alkanes) is 4. The van der Waals surface area contributed by atoms with Crippen molar-refractivity contribution in [2.75, 3.05) is 0 Å². The highest BCUT2D eigenvalue weighted by atomic mass is 16.6. The second-order valence-corrected chi connectivity index (χ2v) is 6.46. The minimum atomic E-state index is -0.982. The lowest BCUT2D eigenvalue weighted by Gasteiger charge is -2.12. The molecule has 0 aromatic carbocycles. The first kappa shape index (κ1) is 25.0. The second-order valence-electron chi connectivity index (χ2n) is 6.46. The van der Waals surface area contributed by atoms with E-state index < -0.39 is 17.1 Å². The highest BCUT2D eigenvalue weighted by Crippen LogP contribution is 2.11. The number of aliphatic hydroxyl groups excluding tert-OH is 1. The summed E-state index contributed by atoms with van der Waals surface area (Å²) in [7, 11) is 0. The van der Waals surface area contributed by atoms with E-state index in [1.54, 1.807) is 6.08 Å². The summed E-state index contributed by atoms with van der Waals surface area (Å²) < 4.78 is 0. The monoisotopic (exact) mass is 377 g/mol. The molecule has 0 saturated carbocycles. The molecule has 0 fully saturated rings. The fourth-order valence-corrected chi connectivity index (χ4v) is 2.51. The maximum atomic E-state index is 11.2. The second kappa shape index (κ2) is 18.8. The van der Waals surface area contributed by atoms with Crippen LogP contribution in [-0.2, 0) is 4.79 Å². The third-order valence-electron chi connectivity index (χ3n) is 4.11. The number of hydrogen-bond acceptors (Lipinski definition) is 4. The maximum absolute atomic E-state index is 11.2. The molecule has 0 heterocycles. The van der Waals surface area contributed by atoms with E-state index in [2.05, 4.69) is 25.2 Å². The van der Waals surface area contributed by atoms with Crippen LogP contribution in [0.1, 0.15) is 71.1 Å². The van der Waals surface area contributed by atoms with Crippen LogP contribution in [-0.4, -0.2) is 28.5 Å². The normalized spacial score (nSPS) is 14.6. The van der Waals surface area contributed by atoms with Crippen LogP contribution < -0.4 is 0 Å². The summed E-state index contributed by atoms with van der Waals surface area (Å²) in [6, 6.07) is -0.976. The van der Waals surface area contributed by atoms with Crippen LogP contribution in [0, 0.1) is 10.1 Å². The SMILES string of the molecule is CC/C=C\C/C=C\C/C=C\CC(O)C(C/C=C\CCCCCC=O)[N+](=O)[O-]. The molecule has 2 atom stereocenters. The van der Waals surface area contributed by atoms with E-state index in [0.29, 0.717) is 6.42 Å². The van der Waals surface area contributed by atoms with Crippen molar-refractivity contribution >= 4 is 6.29 Å². The first-order valence-electron chi connectivity index (χ1n) is 9.98. The summed E-state index contributed by atoms with van der Waals surface area (Å²) in [4.78, 5) is 21.0. The standard InChI is InChI=1S/C22H35NO4/c1-2-3-4-5-6-7-10-13-16-19-22(25)21(23(26)27)18-15-12-9-8-11-14-17-20-24/h3-4,6-7,12-13,15-16,20-22,25H,2,5,8-11,14,17-19H2,1H3/b4-3-,7-6-,15-12-,16-13-. The molecular formula is C22H35NO4. The van der Waals surface area contributed by atoms with Gasteiger partial charge in [-0.2, -0.15) is 0 Å². The molecule has 0 rings (SSSR count). The number of aldehydes is 1. The van der Waals surface area contributed by atoms with E-state index in [0.717, 1.165) is 51.2 Å². The summed E-state index contributed by atoms with van der Waals surface area (Å²) in [5, 5.41) is 21.3. The van der Waals surface area contributed by atoms with Crippen LogP contribution in [0.4, 0.5) is 0 Å². The van der Waals surface area contributed by atoms with E-state index in [4.69, 9.17) is 0 Å². The molecule has 0 aliphatic carbocycles. The molecule has 0 amide bonds. The molecule has 5 heteroatoms. The summed E-state index contributed by atoms with van der Waals surface area (Å²) in [5.41, 5.74) is 0. The van der Waals surface area contributed by atoms with Crippen molar-refractivity contribution in [2.24, 2.45) is 0 Å². The fraction of sp³-hybridized carbons (Fsp3) is 0.591. The number of nitrogens with zero attached hydrogens (tertiary/aromatic N) is 1. The Morgan fingerprint density at radius 2 is 1.44 bits per heavy atom.